The number of benzene rings is 1. The van der Waals surface area contributed by atoms with Crippen LogP contribution in [-0.4, -0.2) is 35.7 Å². The van der Waals surface area contributed by atoms with E-state index >= 15 is 0 Å². The van der Waals surface area contributed by atoms with Gasteiger partial charge in [-0.3, -0.25) is 4.79 Å². The third-order valence-electron chi connectivity index (χ3n) is 3.61. The Morgan fingerprint density at radius 3 is 2.50 bits per heavy atom. The van der Waals surface area contributed by atoms with Gasteiger partial charge in [0.25, 0.3) is 0 Å². The lowest BCUT2D eigenvalue weighted by molar-refractivity contribution is -0.131. The fourth-order valence-electron chi connectivity index (χ4n) is 2.65. The molecule has 0 radical (unpaired) electrons. The van der Waals surface area contributed by atoms with Crippen molar-refractivity contribution >= 4 is 17.6 Å². The SMILES string of the molecule is CC(=O)Oc1ccc(C2=CCCN(C(=O)OC(C)(C)C)C2)c(C)c1. The lowest BCUT2D eigenvalue weighted by atomic mass is 9.97. The highest BCUT2D eigenvalue weighted by Crippen LogP contribution is 2.27. The Hall–Kier alpha value is -2.30. The molecule has 1 aromatic rings. The first-order chi connectivity index (χ1) is 11.2. The highest BCUT2D eigenvalue weighted by molar-refractivity contribution is 5.77. The van der Waals surface area contributed by atoms with Gasteiger partial charge in [0, 0.05) is 20.0 Å². The maximum atomic E-state index is 12.3. The zero-order valence-electron chi connectivity index (χ0n) is 15.0. The van der Waals surface area contributed by atoms with Gasteiger partial charge in [-0.25, -0.2) is 4.79 Å². The minimum absolute atomic E-state index is 0.290. The zero-order valence-corrected chi connectivity index (χ0v) is 15.0. The standard InChI is InChI=1S/C19H25NO4/c1-13-11-16(23-14(2)21)8-9-17(13)15-7-6-10-20(12-15)18(22)24-19(3,4)5/h7-9,11H,6,10,12H2,1-5H3. The molecular weight excluding hydrogens is 306 g/mol. The van der Waals surface area contributed by atoms with Gasteiger partial charge in [0.2, 0.25) is 0 Å². The fraction of sp³-hybridized carbons (Fsp3) is 0.474. The zero-order chi connectivity index (χ0) is 17.9. The summed E-state index contributed by atoms with van der Waals surface area (Å²) in [5.41, 5.74) is 2.64. The Bertz CT molecular complexity index is 670. The van der Waals surface area contributed by atoms with Gasteiger partial charge in [0.1, 0.15) is 11.4 Å². The Kier molecular flexibility index (Phi) is 5.32. The van der Waals surface area contributed by atoms with Gasteiger partial charge >= 0.3 is 12.1 Å². The van der Waals surface area contributed by atoms with Crippen molar-refractivity contribution in [3.63, 3.8) is 0 Å². The number of amides is 1. The average Bonchev–Trinajstić information content (AvgIpc) is 2.45. The highest BCUT2D eigenvalue weighted by atomic mass is 16.6. The quantitative estimate of drug-likeness (QED) is 0.608. The molecular formula is C19H25NO4. The van der Waals surface area contributed by atoms with Crippen molar-refractivity contribution in [1.29, 1.82) is 0 Å². The Labute approximate surface area is 143 Å². The van der Waals surface area contributed by atoms with Crippen LogP contribution >= 0.6 is 0 Å². The molecule has 130 valence electrons. The third-order valence-corrected chi connectivity index (χ3v) is 3.61. The molecule has 5 heteroatoms. The topological polar surface area (TPSA) is 55.8 Å². The van der Waals surface area contributed by atoms with Crippen molar-refractivity contribution in [3.05, 3.63) is 35.4 Å². The van der Waals surface area contributed by atoms with E-state index in [4.69, 9.17) is 9.47 Å². The van der Waals surface area contributed by atoms with E-state index in [1.165, 1.54) is 6.92 Å². The van der Waals surface area contributed by atoms with Gasteiger partial charge in [-0.15, -0.1) is 0 Å². The summed E-state index contributed by atoms with van der Waals surface area (Å²) < 4.78 is 10.6. The number of carbonyl (C=O) groups is 2. The van der Waals surface area contributed by atoms with Crippen LogP contribution in [0.2, 0.25) is 0 Å². The van der Waals surface area contributed by atoms with E-state index in [2.05, 4.69) is 6.08 Å². The maximum Gasteiger partial charge on any atom is 0.410 e. The van der Waals surface area contributed by atoms with Crippen LogP contribution in [-0.2, 0) is 9.53 Å². The van der Waals surface area contributed by atoms with Crippen LogP contribution in [0.1, 0.15) is 45.2 Å². The van der Waals surface area contributed by atoms with Crippen molar-refractivity contribution in [2.24, 2.45) is 0 Å². The van der Waals surface area contributed by atoms with Crippen molar-refractivity contribution in [2.75, 3.05) is 13.1 Å². The number of rotatable bonds is 2. The molecule has 0 aliphatic carbocycles. The number of esters is 1. The second kappa shape index (κ2) is 7.07. The van der Waals surface area contributed by atoms with Crippen LogP contribution in [0.15, 0.2) is 24.3 Å². The molecule has 0 unspecified atom stereocenters. The minimum atomic E-state index is -0.500. The summed E-state index contributed by atoms with van der Waals surface area (Å²) in [5.74, 6) is 0.194. The normalized spacial score (nSPS) is 14.9. The van der Waals surface area contributed by atoms with E-state index in [1.54, 1.807) is 11.0 Å². The van der Waals surface area contributed by atoms with Crippen LogP contribution in [0.25, 0.3) is 5.57 Å². The molecule has 0 N–H and O–H groups in total. The number of carbonyl (C=O) groups excluding carboxylic acids is 2. The van der Waals surface area contributed by atoms with E-state index in [1.807, 2.05) is 39.8 Å². The van der Waals surface area contributed by atoms with Crippen LogP contribution in [0.3, 0.4) is 0 Å². The molecule has 1 aromatic carbocycles. The molecule has 0 fully saturated rings. The summed E-state index contributed by atoms with van der Waals surface area (Å²) in [5, 5.41) is 0. The monoisotopic (exact) mass is 331 g/mol. The summed E-state index contributed by atoms with van der Waals surface area (Å²) >= 11 is 0. The molecule has 2 rings (SSSR count). The Morgan fingerprint density at radius 2 is 1.92 bits per heavy atom. The summed E-state index contributed by atoms with van der Waals surface area (Å²) in [6.45, 7) is 10.1. The lowest BCUT2D eigenvalue weighted by Gasteiger charge is -2.30. The summed E-state index contributed by atoms with van der Waals surface area (Å²) in [6.07, 6.45) is 2.65. The molecule has 0 bridgehead atoms. The molecule has 0 atom stereocenters. The second-order valence-electron chi connectivity index (χ2n) is 6.99. The van der Waals surface area contributed by atoms with E-state index in [-0.39, 0.29) is 12.1 Å². The molecule has 0 aromatic heterocycles. The van der Waals surface area contributed by atoms with Gasteiger partial charge in [-0.2, -0.15) is 0 Å². The van der Waals surface area contributed by atoms with Crippen molar-refractivity contribution in [3.8, 4) is 5.75 Å². The molecule has 24 heavy (non-hydrogen) atoms. The Morgan fingerprint density at radius 1 is 1.21 bits per heavy atom. The molecule has 1 aliphatic rings. The predicted octanol–water partition coefficient (Wildman–Crippen LogP) is 3.94. The summed E-state index contributed by atoms with van der Waals surface area (Å²) in [4.78, 5) is 25.0. The van der Waals surface area contributed by atoms with E-state index < -0.39 is 5.60 Å². The number of hydrogen-bond donors (Lipinski definition) is 0. The lowest BCUT2D eigenvalue weighted by Crippen LogP contribution is -2.39. The van der Waals surface area contributed by atoms with Gasteiger partial charge in [0.05, 0.1) is 0 Å². The molecule has 1 heterocycles. The minimum Gasteiger partial charge on any atom is -0.444 e. The first-order valence-corrected chi connectivity index (χ1v) is 8.12. The second-order valence-corrected chi connectivity index (χ2v) is 6.99. The highest BCUT2D eigenvalue weighted by Gasteiger charge is 2.25. The molecule has 1 aliphatic heterocycles. The summed E-state index contributed by atoms with van der Waals surface area (Å²) in [7, 11) is 0. The van der Waals surface area contributed by atoms with Crippen molar-refractivity contribution < 1.29 is 19.1 Å². The van der Waals surface area contributed by atoms with E-state index in [0.29, 0.717) is 18.8 Å². The molecule has 1 amide bonds. The van der Waals surface area contributed by atoms with Crippen molar-refractivity contribution in [2.45, 2.75) is 46.6 Å². The predicted molar refractivity (Wildman–Crippen MR) is 92.9 cm³/mol. The van der Waals surface area contributed by atoms with E-state index in [0.717, 1.165) is 23.1 Å². The maximum absolute atomic E-state index is 12.3. The largest absolute Gasteiger partial charge is 0.444 e. The van der Waals surface area contributed by atoms with Gasteiger partial charge in [0.15, 0.2) is 0 Å². The molecule has 0 saturated heterocycles. The third kappa shape index (κ3) is 4.85. The van der Waals surface area contributed by atoms with Crippen molar-refractivity contribution in [1.82, 2.24) is 4.90 Å². The number of nitrogens with zero attached hydrogens (tertiary/aromatic N) is 1. The Balaban J connectivity index is 2.13. The fourth-order valence-corrected chi connectivity index (χ4v) is 2.65. The molecule has 5 nitrogen and oxygen atoms in total. The number of ether oxygens (including phenoxy) is 2. The average molecular weight is 331 g/mol. The van der Waals surface area contributed by atoms with E-state index in [9.17, 15) is 9.59 Å². The molecule has 0 saturated carbocycles. The van der Waals surface area contributed by atoms with Crippen LogP contribution in [0, 0.1) is 6.92 Å². The first kappa shape index (κ1) is 18.0. The van der Waals surface area contributed by atoms with Gasteiger partial charge < -0.3 is 14.4 Å². The number of aryl methyl sites for hydroxylation is 1. The van der Waals surface area contributed by atoms with Gasteiger partial charge in [-0.1, -0.05) is 12.1 Å². The first-order valence-electron chi connectivity index (χ1n) is 8.12. The van der Waals surface area contributed by atoms with Crippen LogP contribution in [0.5, 0.6) is 5.75 Å². The van der Waals surface area contributed by atoms with Crippen LogP contribution in [0.4, 0.5) is 4.79 Å². The van der Waals surface area contributed by atoms with Gasteiger partial charge in [-0.05, 0) is 62.9 Å². The van der Waals surface area contributed by atoms with Crippen LogP contribution < -0.4 is 4.74 Å². The number of hydrogen-bond acceptors (Lipinski definition) is 4. The smallest absolute Gasteiger partial charge is 0.410 e. The summed E-state index contributed by atoms with van der Waals surface area (Å²) in [6, 6.07) is 5.54. The molecule has 0 spiro atoms.